The first kappa shape index (κ1) is 23.2. The van der Waals surface area contributed by atoms with Gasteiger partial charge >= 0.3 is 0 Å². The largest absolute Gasteiger partial charge is 0.454 e. The Morgan fingerprint density at radius 2 is 2.06 bits per heavy atom. The molecule has 3 heterocycles. The molecule has 7 nitrogen and oxygen atoms in total. The van der Waals surface area contributed by atoms with Gasteiger partial charge in [0.25, 0.3) is 5.56 Å². The number of rotatable bonds is 8. The zero-order valence-corrected chi connectivity index (χ0v) is 20.7. The monoisotopic (exact) mass is 505 g/mol. The number of aromatic nitrogens is 2. The maximum atomic E-state index is 13.5. The molecular formula is C26H23N3O4S2. The number of hydrogen-bond acceptors (Lipinski definition) is 7. The number of carbonyl (C=O) groups excluding carboxylic acids is 1. The predicted molar refractivity (Wildman–Crippen MR) is 139 cm³/mol. The fraction of sp³-hybridized carbons (Fsp3) is 0.192. The normalized spacial score (nSPS) is 13.1. The molecule has 1 N–H and O–H groups in total. The van der Waals surface area contributed by atoms with E-state index in [0.717, 1.165) is 16.7 Å². The van der Waals surface area contributed by atoms with E-state index < -0.39 is 5.25 Å². The summed E-state index contributed by atoms with van der Waals surface area (Å²) < 4.78 is 12.3. The molecular weight excluding hydrogens is 482 g/mol. The Morgan fingerprint density at radius 1 is 1.26 bits per heavy atom. The first-order valence-corrected chi connectivity index (χ1v) is 12.8. The van der Waals surface area contributed by atoms with Gasteiger partial charge in [0.1, 0.15) is 4.83 Å². The second kappa shape index (κ2) is 9.97. The van der Waals surface area contributed by atoms with Crippen molar-refractivity contribution in [3.05, 3.63) is 82.5 Å². The quantitative estimate of drug-likeness (QED) is 0.210. The van der Waals surface area contributed by atoms with E-state index in [1.54, 1.807) is 17.6 Å². The summed E-state index contributed by atoms with van der Waals surface area (Å²) in [7, 11) is 0. The lowest BCUT2D eigenvalue weighted by molar-refractivity contribution is -0.120. The van der Waals surface area contributed by atoms with Gasteiger partial charge in [-0.1, -0.05) is 54.2 Å². The molecule has 1 aliphatic heterocycles. The van der Waals surface area contributed by atoms with E-state index in [1.165, 1.54) is 23.1 Å². The first-order chi connectivity index (χ1) is 17.0. The minimum Gasteiger partial charge on any atom is -0.454 e. The van der Waals surface area contributed by atoms with Gasteiger partial charge in [0, 0.05) is 24.0 Å². The molecule has 1 aliphatic rings. The minimum atomic E-state index is -0.460. The summed E-state index contributed by atoms with van der Waals surface area (Å²) in [5.74, 6) is 1.23. The lowest BCUT2D eigenvalue weighted by Crippen LogP contribution is -2.31. The highest BCUT2D eigenvalue weighted by Gasteiger charge is 2.22. The summed E-state index contributed by atoms with van der Waals surface area (Å²) in [5.41, 5.74) is 2.62. The number of carbonyl (C=O) groups is 1. The molecule has 1 atom stereocenters. The molecule has 1 amide bonds. The molecule has 4 aromatic rings. The number of fused-ring (bicyclic) bond motifs is 2. The topological polar surface area (TPSA) is 82.5 Å². The number of thioether (sulfide) groups is 1. The Labute approximate surface area is 210 Å². The van der Waals surface area contributed by atoms with Crippen LogP contribution in [0.1, 0.15) is 12.5 Å². The Hall–Kier alpha value is -3.56. The lowest BCUT2D eigenvalue weighted by Gasteiger charge is -2.15. The maximum absolute atomic E-state index is 13.5. The Balaban J connectivity index is 1.36. The summed E-state index contributed by atoms with van der Waals surface area (Å²) in [4.78, 5) is 31.8. The molecule has 0 radical (unpaired) electrons. The van der Waals surface area contributed by atoms with Crippen molar-refractivity contribution in [3.8, 4) is 22.6 Å². The van der Waals surface area contributed by atoms with Gasteiger partial charge in [-0.25, -0.2) is 4.98 Å². The zero-order chi connectivity index (χ0) is 24.4. The summed E-state index contributed by atoms with van der Waals surface area (Å²) in [6.45, 7) is 6.47. The van der Waals surface area contributed by atoms with Gasteiger partial charge in [-0.15, -0.1) is 17.9 Å². The van der Waals surface area contributed by atoms with Gasteiger partial charge in [-0.2, -0.15) is 0 Å². The molecule has 0 bridgehead atoms. The summed E-state index contributed by atoms with van der Waals surface area (Å²) in [5, 5.41) is 5.54. The van der Waals surface area contributed by atoms with Crippen LogP contribution in [-0.2, 0) is 17.9 Å². The Bertz CT molecular complexity index is 1460. The third-order valence-electron chi connectivity index (χ3n) is 5.61. The highest BCUT2D eigenvalue weighted by molar-refractivity contribution is 8.00. The molecule has 2 aromatic carbocycles. The SMILES string of the molecule is C=CCn1c(S[C@H](C)C(=O)NCc2ccc3c(c2)OCO3)nc2scc(-c3ccccc3)c2c1=O. The van der Waals surface area contributed by atoms with E-state index in [9.17, 15) is 9.59 Å². The average molecular weight is 506 g/mol. The molecule has 35 heavy (non-hydrogen) atoms. The first-order valence-electron chi connectivity index (χ1n) is 11.1. The fourth-order valence-electron chi connectivity index (χ4n) is 3.81. The standard InChI is InChI=1S/C26H23N3O4S2/c1-3-11-29-25(31)22-19(18-7-5-4-6-8-18)14-34-24(22)28-26(29)35-16(2)23(30)27-13-17-9-10-20-21(12-17)33-15-32-20/h3-10,12,14,16H,1,11,13,15H2,2H3,(H,27,30)/t16-/m1/s1. The van der Waals surface area contributed by atoms with Crippen LogP contribution in [0.15, 0.2) is 76.5 Å². The van der Waals surface area contributed by atoms with E-state index in [1.807, 2.05) is 53.9 Å². The molecule has 178 valence electrons. The van der Waals surface area contributed by atoms with Crippen LogP contribution in [0.5, 0.6) is 11.5 Å². The maximum Gasteiger partial charge on any atom is 0.263 e. The van der Waals surface area contributed by atoms with E-state index in [0.29, 0.717) is 40.0 Å². The van der Waals surface area contributed by atoms with Crippen molar-refractivity contribution in [3.63, 3.8) is 0 Å². The predicted octanol–water partition coefficient (Wildman–Crippen LogP) is 4.84. The number of thiophene rings is 1. The number of amides is 1. The molecule has 9 heteroatoms. The van der Waals surface area contributed by atoms with E-state index in [4.69, 9.17) is 14.5 Å². The molecule has 0 fully saturated rings. The lowest BCUT2D eigenvalue weighted by atomic mass is 10.1. The van der Waals surface area contributed by atoms with Gasteiger partial charge < -0.3 is 14.8 Å². The Kier molecular flexibility index (Phi) is 6.61. The van der Waals surface area contributed by atoms with Crippen LogP contribution >= 0.6 is 23.1 Å². The minimum absolute atomic E-state index is 0.134. The second-order valence-corrected chi connectivity index (χ2v) is 10.1. The molecule has 5 rings (SSSR count). The van der Waals surface area contributed by atoms with Gasteiger partial charge in [0.15, 0.2) is 16.7 Å². The van der Waals surface area contributed by atoms with Crippen molar-refractivity contribution in [2.24, 2.45) is 0 Å². The second-order valence-electron chi connectivity index (χ2n) is 7.96. The van der Waals surface area contributed by atoms with Crippen molar-refractivity contribution < 1.29 is 14.3 Å². The van der Waals surface area contributed by atoms with Crippen molar-refractivity contribution in [1.82, 2.24) is 14.9 Å². The van der Waals surface area contributed by atoms with Crippen molar-refractivity contribution in [2.45, 2.75) is 30.4 Å². The fourth-order valence-corrected chi connectivity index (χ4v) is 5.74. The Morgan fingerprint density at radius 3 is 2.86 bits per heavy atom. The number of nitrogens with one attached hydrogen (secondary N) is 1. The van der Waals surface area contributed by atoms with Gasteiger partial charge in [0.05, 0.1) is 10.6 Å². The van der Waals surface area contributed by atoms with Gasteiger partial charge in [-0.3, -0.25) is 14.2 Å². The van der Waals surface area contributed by atoms with Crippen LogP contribution in [0.3, 0.4) is 0 Å². The number of benzene rings is 2. The van der Waals surface area contributed by atoms with Crippen LogP contribution in [0.25, 0.3) is 21.3 Å². The van der Waals surface area contributed by atoms with Crippen LogP contribution in [0.4, 0.5) is 0 Å². The van der Waals surface area contributed by atoms with Gasteiger partial charge in [0.2, 0.25) is 12.7 Å². The molecule has 2 aromatic heterocycles. The van der Waals surface area contributed by atoms with Crippen molar-refractivity contribution in [1.29, 1.82) is 0 Å². The van der Waals surface area contributed by atoms with Crippen LogP contribution in [0.2, 0.25) is 0 Å². The zero-order valence-electron chi connectivity index (χ0n) is 19.0. The number of ether oxygens (including phenoxy) is 2. The highest BCUT2D eigenvalue weighted by Crippen LogP contribution is 2.34. The highest BCUT2D eigenvalue weighted by atomic mass is 32.2. The van der Waals surface area contributed by atoms with E-state index in [-0.39, 0.29) is 18.3 Å². The number of nitrogens with zero attached hydrogens (tertiary/aromatic N) is 2. The molecule has 0 saturated heterocycles. The smallest absolute Gasteiger partial charge is 0.263 e. The third kappa shape index (κ3) is 4.69. The van der Waals surface area contributed by atoms with E-state index >= 15 is 0 Å². The molecule has 0 unspecified atom stereocenters. The van der Waals surface area contributed by atoms with Crippen LogP contribution in [-0.4, -0.2) is 27.5 Å². The van der Waals surface area contributed by atoms with Crippen molar-refractivity contribution in [2.75, 3.05) is 6.79 Å². The summed E-state index contributed by atoms with van der Waals surface area (Å²) >= 11 is 2.69. The van der Waals surface area contributed by atoms with Crippen molar-refractivity contribution >= 4 is 39.2 Å². The molecule has 0 aliphatic carbocycles. The molecule has 0 saturated carbocycles. The van der Waals surface area contributed by atoms with Crippen LogP contribution < -0.4 is 20.3 Å². The van der Waals surface area contributed by atoms with Crippen LogP contribution in [0, 0.1) is 0 Å². The van der Waals surface area contributed by atoms with Gasteiger partial charge in [-0.05, 0) is 30.2 Å². The molecule has 0 spiro atoms. The number of allylic oxidation sites excluding steroid dienone is 1. The number of hydrogen-bond donors (Lipinski definition) is 1. The average Bonchev–Trinajstić information content (AvgIpc) is 3.52. The summed E-state index contributed by atoms with van der Waals surface area (Å²) in [6, 6.07) is 15.4. The summed E-state index contributed by atoms with van der Waals surface area (Å²) in [6.07, 6.45) is 1.66. The van der Waals surface area contributed by atoms with E-state index in [2.05, 4.69) is 11.9 Å². The third-order valence-corrected chi connectivity index (χ3v) is 7.57.